The van der Waals surface area contributed by atoms with Gasteiger partial charge in [0.1, 0.15) is 12.4 Å². The van der Waals surface area contributed by atoms with Crippen LogP contribution in [0.1, 0.15) is 19.8 Å². The molecule has 17 heavy (non-hydrogen) atoms. The maximum atomic E-state index is 14.7. The molecule has 0 fully saturated rings. The van der Waals surface area contributed by atoms with Gasteiger partial charge in [0, 0.05) is 19.0 Å². The van der Waals surface area contributed by atoms with Gasteiger partial charge in [-0.1, -0.05) is 6.08 Å². The van der Waals surface area contributed by atoms with Gasteiger partial charge in [-0.25, -0.2) is 4.39 Å². The van der Waals surface area contributed by atoms with Crippen molar-refractivity contribution >= 4 is 5.91 Å². The topological polar surface area (TPSA) is 38.3 Å². The lowest BCUT2D eigenvalue weighted by molar-refractivity contribution is -0.118. The third-order valence-electron chi connectivity index (χ3n) is 2.94. The van der Waals surface area contributed by atoms with E-state index < -0.39 is 5.67 Å². The zero-order chi connectivity index (χ0) is 12.3. The average molecular weight is 237 g/mol. The molecule has 3 nitrogen and oxygen atoms in total. The van der Waals surface area contributed by atoms with Gasteiger partial charge in [-0.05, 0) is 31.1 Å². The van der Waals surface area contributed by atoms with E-state index >= 15 is 0 Å². The van der Waals surface area contributed by atoms with E-state index in [0.29, 0.717) is 37.3 Å². The highest BCUT2D eigenvalue weighted by Crippen LogP contribution is 2.39. The average Bonchev–Trinajstić information content (AvgIpc) is 2.74. The lowest BCUT2D eigenvalue weighted by atomic mass is 9.86. The Kier molecular flexibility index (Phi) is 3.31. The highest BCUT2D eigenvalue weighted by Gasteiger charge is 2.37. The summed E-state index contributed by atoms with van der Waals surface area (Å²) < 4.78 is 20.0. The van der Waals surface area contributed by atoms with Gasteiger partial charge >= 0.3 is 0 Å². The number of carbonyl (C=O) groups is 1. The fourth-order valence-corrected chi connectivity index (χ4v) is 2.11. The fraction of sp³-hybridized carbons (Fsp3) is 0.462. The molecule has 0 spiro atoms. The van der Waals surface area contributed by atoms with E-state index in [1.807, 2.05) is 0 Å². The van der Waals surface area contributed by atoms with Crippen LogP contribution in [0, 0.1) is 0 Å². The molecule has 4 heteroatoms. The monoisotopic (exact) mass is 237 g/mol. The Morgan fingerprint density at radius 1 is 1.65 bits per heavy atom. The Bertz CT molecular complexity index is 412. The van der Waals surface area contributed by atoms with Crippen LogP contribution in [-0.4, -0.2) is 24.7 Å². The molecule has 2 rings (SSSR count). The van der Waals surface area contributed by atoms with Gasteiger partial charge < -0.3 is 10.1 Å². The summed E-state index contributed by atoms with van der Waals surface area (Å²) in [5.41, 5.74) is -0.818. The summed E-state index contributed by atoms with van der Waals surface area (Å²) in [6, 6.07) is 0. The minimum Gasteiger partial charge on any atom is -0.489 e. The van der Waals surface area contributed by atoms with E-state index in [0.717, 1.165) is 0 Å². The van der Waals surface area contributed by atoms with Crippen molar-refractivity contribution in [1.29, 1.82) is 0 Å². The number of hydrogen-bond acceptors (Lipinski definition) is 2. The summed E-state index contributed by atoms with van der Waals surface area (Å²) >= 11 is 0. The SMILES string of the molecule is CC(=O)NCCCC1(F)C=CC=C2OCC=C21. The minimum atomic E-state index is -1.45. The van der Waals surface area contributed by atoms with Crippen molar-refractivity contribution < 1.29 is 13.9 Å². The molecular weight excluding hydrogens is 221 g/mol. The molecular formula is C13H16FNO2. The first-order chi connectivity index (χ1) is 8.12. The lowest BCUT2D eigenvalue weighted by Gasteiger charge is -2.25. The van der Waals surface area contributed by atoms with Crippen LogP contribution in [0.15, 0.2) is 35.6 Å². The Hall–Kier alpha value is -1.58. The van der Waals surface area contributed by atoms with Crippen molar-refractivity contribution in [1.82, 2.24) is 5.32 Å². The molecule has 0 bridgehead atoms. The van der Waals surface area contributed by atoms with Gasteiger partial charge in [0.05, 0.1) is 0 Å². The number of carbonyl (C=O) groups excluding carboxylic acids is 1. The van der Waals surface area contributed by atoms with Gasteiger partial charge in [0.2, 0.25) is 5.91 Å². The van der Waals surface area contributed by atoms with Crippen molar-refractivity contribution in [2.75, 3.05) is 13.2 Å². The molecule has 92 valence electrons. The summed E-state index contributed by atoms with van der Waals surface area (Å²) in [6.45, 7) is 2.40. The Morgan fingerprint density at radius 3 is 3.24 bits per heavy atom. The van der Waals surface area contributed by atoms with Gasteiger partial charge in [-0.3, -0.25) is 4.79 Å². The Morgan fingerprint density at radius 2 is 2.47 bits per heavy atom. The zero-order valence-electron chi connectivity index (χ0n) is 9.83. The third-order valence-corrected chi connectivity index (χ3v) is 2.94. The molecule has 0 aromatic heterocycles. The Balaban J connectivity index is 1.93. The largest absolute Gasteiger partial charge is 0.489 e. The fourth-order valence-electron chi connectivity index (χ4n) is 2.11. The van der Waals surface area contributed by atoms with E-state index in [9.17, 15) is 9.18 Å². The van der Waals surface area contributed by atoms with Crippen molar-refractivity contribution in [2.45, 2.75) is 25.4 Å². The number of ether oxygens (including phenoxy) is 1. The van der Waals surface area contributed by atoms with Crippen LogP contribution in [0.5, 0.6) is 0 Å². The first-order valence-electron chi connectivity index (χ1n) is 5.78. The van der Waals surface area contributed by atoms with E-state index in [1.54, 1.807) is 24.3 Å². The van der Waals surface area contributed by atoms with Crippen LogP contribution >= 0.6 is 0 Å². The molecule has 2 aliphatic rings. The summed E-state index contributed by atoms with van der Waals surface area (Å²) in [5.74, 6) is 0.552. The van der Waals surface area contributed by atoms with Crippen LogP contribution in [0.2, 0.25) is 0 Å². The summed E-state index contributed by atoms with van der Waals surface area (Å²) in [5, 5.41) is 2.67. The molecule has 1 amide bonds. The molecule has 1 atom stereocenters. The quantitative estimate of drug-likeness (QED) is 0.760. The van der Waals surface area contributed by atoms with Crippen LogP contribution in [0.25, 0.3) is 0 Å². The first-order valence-corrected chi connectivity index (χ1v) is 5.78. The highest BCUT2D eigenvalue weighted by atomic mass is 19.1. The van der Waals surface area contributed by atoms with Gasteiger partial charge in [0.25, 0.3) is 0 Å². The number of alkyl halides is 1. The van der Waals surface area contributed by atoms with Gasteiger partial charge in [-0.15, -0.1) is 0 Å². The zero-order valence-corrected chi connectivity index (χ0v) is 9.83. The maximum Gasteiger partial charge on any atom is 0.216 e. The summed E-state index contributed by atoms with van der Waals surface area (Å²) in [7, 11) is 0. The molecule has 1 aliphatic carbocycles. The Labute approximate surface area is 100 Å². The van der Waals surface area contributed by atoms with E-state index in [4.69, 9.17) is 4.74 Å². The van der Waals surface area contributed by atoms with E-state index in [2.05, 4.69) is 5.32 Å². The van der Waals surface area contributed by atoms with Crippen LogP contribution in [-0.2, 0) is 9.53 Å². The minimum absolute atomic E-state index is 0.0823. The van der Waals surface area contributed by atoms with E-state index in [1.165, 1.54) is 6.92 Å². The first kappa shape index (κ1) is 11.9. The van der Waals surface area contributed by atoms with Crippen molar-refractivity contribution in [3.8, 4) is 0 Å². The predicted molar refractivity (Wildman–Crippen MR) is 63.0 cm³/mol. The van der Waals surface area contributed by atoms with Crippen molar-refractivity contribution in [2.24, 2.45) is 0 Å². The molecule has 1 aliphatic heterocycles. The normalized spacial score (nSPS) is 25.8. The highest BCUT2D eigenvalue weighted by molar-refractivity contribution is 5.72. The molecule has 0 saturated carbocycles. The lowest BCUT2D eigenvalue weighted by Crippen LogP contribution is -2.28. The molecule has 1 heterocycles. The van der Waals surface area contributed by atoms with Crippen LogP contribution in [0.3, 0.4) is 0 Å². The van der Waals surface area contributed by atoms with Crippen LogP contribution in [0.4, 0.5) is 4.39 Å². The number of halogens is 1. The van der Waals surface area contributed by atoms with Crippen LogP contribution < -0.4 is 5.32 Å². The standard InChI is InChI=1S/C13H16FNO2/c1-10(16)15-8-3-7-13(14)6-2-4-12-11(13)5-9-17-12/h2,4-6H,3,7-9H2,1H3,(H,15,16). The summed E-state index contributed by atoms with van der Waals surface area (Å²) in [4.78, 5) is 10.7. The summed E-state index contributed by atoms with van der Waals surface area (Å²) in [6.07, 6.45) is 7.78. The third kappa shape index (κ3) is 2.57. The predicted octanol–water partition coefficient (Wildman–Crippen LogP) is 2.02. The number of nitrogens with one attached hydrogen (secondary N) is 1. The van der Waals surface area contributed by atoms with E-state index in [-0.39, 0.29) is 5.91 Å². The second-order valence-electron chi connectivity index (χ2n) is 4.27. The molecule has 1 unspecified atom stereocenters. The number of hydrogen-bond donors (Lipinski definition) is 1. The maximum absolute atomic E-state index is 14.7. The van der Waals surface area contributed by atoms with Gasteiger partial charge in [-0.2, -0.15) is 0 Å². The molecule has 1 N–H and O–H groups in total. The van der Waals surface area contributed by atoms with Crippen molar-refractivity contribution in [3.63, 3.8) is 0 Å². The van der Waals surface area contributed by atoms with Crippen molar-refractivity contribution in [3.05, 3.63) is 35.6 Å². The molecule has 0 aromatic rings. The molecule has 0 radical (unpaired) electrons. The van der Waals surface area contributed by atoms with Gasteiger partial charge in [0.15, 0.2) is 5.67 Å². The molecule has 0 saturated heterocycles. The number of amides is 1. The second kappa shape index (κ2) is 4.73. The number of rotatable bonds is 4. The second-order valence-corrected chi connectivity index (χ2v) is 4.27. The number of allylic oxidation sites excluding steroid dienone is 4. The smallest absolute Gasteiger partial charge is 0.216 e. The number of fused-ring (bicyclic) bond motifs is 1. The molecule has 0 aromatic carbocycles.